The number of benzene rings is 3. The molecule has 4 rings (SSSR count). The molecule has 0 aliphatic carbocycles. The summed E-state index contributed by atoms with van der Waals surface area (Å²) in [4.78, 5) is 25.3. The molecule has 41 heavy (non-hydrogen) atoms. The molecular formula is C30H34N4O6S. The van der Waals surface area contributed by atoms with Crippen molar-refractivity contribution in [2.45, 2.75) is 31.1 Å². The zero-order valence-electron chi connectivity index (χ0n) is 23.3. The van der Waals surface area contributed by atoms with Crippen molar-refractivity contribution in [2.24, 2.45) is 11.0 Å². The zero-order chi connectivity index (χ0) is 29.4. The third kappa shape index (κ3) is 7.71. The lowest BCUT2D eigenvalue weighted by Gasteiger charge is -2.30. The summed E-state index contributed by atoms with van der Waals surface area (Å²) < 4.78 is 37.6. The maximum Gasteiger partial charge on any atom is 0.243 e. The summed E-state index contributed by atoms with van der Waals surface area (Å²) in [7, 11) is -0.523. The Morgan fingerprint density at radius 3 is 2.00 bits per heavy atom. The highest BCUT2D eigenvalue weighted by Gasteiger charge is 2.32. The number of nitrogens with zero attached hydrogens (tertiary/aromatic N) is 2. The largest absolute Gasteiger partial charge is 0.497 e. The van der Waals surface area contributed by atoms with E-state index in [1.165, 1.54) is 23.5 Å². The van der Waals surface area contributed by atoms with Crippen LogP contribution in [-0.4, -0.2) is 57.6 Å². The van der Waals surface area contributed by atoms with Gasteiger partial charge in [-0.15, -0.1) is 0 Å². The quantitative estimate of drug-likeness (QED) is 0.278. The van der Waals surface area contributed by atoms with Crippen molar-refractivity contribution in [2.75, 3.05) is 32.6 Å². The van der Waals surface area contributed by atoms with Crippen molar-refractivity contribution in [3.05, 3.63) is 83.9 Å². The van der Waals surface area contributed by atoms with E-state index in [-0.39, 0.29) is 42.1 Å². The molecule has 0 aromatic heterocycles. The summed E-state index contributed by atoms with van der Waals surface area (Å²) in [6.45, 7) is 2.28. The number of methoxy groups -OCH3 is 2. The van der Waals surface area contributed by atoms with Crippen LogP contribution in [0.4, 0.5) is 5.69 Å². The molecule has 11 heteroatoms. The van der Waals surface area contributed by atoms with Gasteiger partial charge in [0.1, 0.15) is 11.5 Å². The van der Waals surface area contributed by atoms with Crippen molar-refractivity contribution in [1.82, 2.24) is 9.73 Å². The zero-order valence-corrected chi connectivity index (χ0v) is 24.1. The van der Waals surface area contributed by atoms with Gasteiger partial charge < -0.3 is 14.8 Å². The highest BCUT2D eigenvalue weighted by molar-refractivity contribution is 7.89. The first-order chi connectivity index (χ1) is 19.7. The number of hydrogen-bond acceptors (Lipinski definition) is 7. The third-order valence-electron chi connectivity index (χ3n) is 6.97. The third-order valence-corrected chi connectivity index (χ3v) is 8.88. The van der Waals surface area contributed by atoms with E-state index in [1.54, 1.807) is 38.3 Å². The number of ether oxygens (including phenoxy) is 2. The Morgan fingerprint density at radius 2 is 1.44 bits per heavy atom. The van der Waals surface area contributed by atoms with E-state index in [2.05, 4.69) is 15.8 Å². The molecule has 0 unspecified atom stereocenters. The maximum atomic E-state index is 13.0. The van der Waals surface area contributed by atoms with Crippen molar-refractivity contribution >= 4 is 33.2 Å². The standard InChI is InChI=1S/C30H34N4O6S/c1-21(23-6-8-25(9-7-23)31-29(35)20-22-4-10-26(39-2)11-5-22)32-33-30(36)24-16-18-34(19-17-24)41(37,38)28-14-12-27(40-3)13-15-28/h4-15,24H,16-20H2,1-3H3,(H,31,35)(H,33,36). The van der Waals surface area contributed by atoms with Crippen molar-refractivity contribution < 1.29 is 27.5 Å². The van der Waals surface area contributed by atoms with E-state index in [4.69, 9.17) is 9.47 Å². The average Bonchev–Trinajstić information content (AvgIpc) is 3.00. The van der Waals surface area contributed by atoms with Crippen LogP contribution in [0.15, 0.2) is 82.8 Å². The van der Waals surface area contributed by atoms with Crippen molar-refractivity contribution in [3.8, 4) is 11.5 Å². The summed E-state index contributed by atoms with van der Waals surface area (Å²) >= 11 is 0. The number of hydrogen-bond donors (Lipinski definition) is 2. The molecule has 2 N–H and O–H groups in total. The van der Waals surface area contributed by atoms with E-state index in [0.717, 1.165) is 16.9 Å². The number of piperidine rings is 1. The monoisotopic (exact) mass is 578 g/mol. The van der Waals surface area contributed by atoms with E-state index >= 15 is 0 Å². The predicted molar refractivity (Wildman–Crippen MR) is 157 cm³/mol. The minimum absolute atomic E-state index is 0.136. The number of anilines is 1. The fourth-order valence-electron chi connectivity index (χ4n) is 4.48. The Balaban J connectivity index is 1.25. The molecule has 10 nitrogen and oxygen atoms in total. The van der Waals surface area contributed by atoms with Gasteiger partial charge in [0, 0.05) is 24.7 Å². The van der Waals surface area contributed by atoms with Gasteiger partial charge in [-0.2, -0.15) is 9.41 Å². The van der Waals surface area contributed by atoms with Gasteiger partial charge in [-0.25, -0.2) is 13.8 Å². The van der Waals surface area contributed by atoms with Gasteiger partial charge in [0.25, 0.3) is 0 Å². The van der Waals surface area contributed by atoms with Gasteiger partial charge in [-0.05, 0) is 79.4 Å². The average molecular weight is 579 g/mol. The lowest BCUT2D eigenvalue weighted by molar-refractivity contribution is -0.126. The number of rotatable bonds is 10. The van der Waals surface area contributed by atoms with E-state index in [0.29, 0.717) is 30.0 Å². The van der Waals surface area contributed by atoms with Crippen LogP contribution in [0.3, 0.4) is 0 Å². The Morgan fingerprint density at radius 1 is 0.878 bits per heavy atom. The lowest BCUT2D eigenvalue weighted by Crippen LogP contribution is -2.42. The molecule has 1 saturated heterocycles. The van der Waals surface area contributed by atoms with Crippen LogP contribution < -0.4 is 20.2 Å². The first-order valence-electron chi connectivity index (χ1n) is 13.2. The van der Waals surface area contributed by atoms with Gasteiger partial charge in [0.15, 0.2) is 0 Å². The Labute approximate surface area is 240 Å². The molecule has 0 radical (unpaired) electrons. The predicted octanol–water partition coefficient (Wildman–Crippen LogP) is 3.83. The molecule has 1 heterocycles. The molecule has 2 amide bonds. The van der Waals surface area contributed by atoms with Crippen LogP contribution in [0.2, 0.25) is 0 Å². The van der Waals surface area contributed by atoms with Crippen molar-refractivity contribution in [1.29, 1.82) is 0 Å². The van der Waals surface area contributed by atoms with Gasteiger partial charge in [-0.1, -0.05) is 24.3 Å². The van der Waals surface area contributed by atoms with Crippen LogP contribution in [0.25, 0.3) is 0 Å². The number of nitrogens with one attached hydrogen (secondary N) is 2. The minimum Gasteiger partial charge on any atom is -0.497 e. The summed E-state index contributed by atoms with van der Waals surface area (Å²) in [6, 6.07) is 20.8. The molecule has 1 aliphatic rings. The molecule has 1 aliphatic heterocycles. The van der Waals surface area contributed by atoms with Crippen LogP contribution in [-0.2, 0) is 26.0 Å². The molecule has 0 saturated carbocycles. The van der Waals surface area contributed by atoms with Crippen LogP contribution in [0.1, 0.15) is 30.9 Å². The molecule has 3 aromatic rings. The van der Waals surface area contributed by atoms with Gasteiger partial charge in [-0.3, -0.25) is 9.59 Å². The highest BCUT2D eigenvalue weighted by Crippen LogP contribution is 2.25. The summed E-state index contributed by atoms with van der Waals surface area (Å²) in [5, 5.41) is 7.11. The first-order valence-corrected chi connectivity index (χ1v) is 14.6. The van der Waals surface area contributed by atoms with Crippen LogP contribution >= 0.6 is 0 Å². The molecule has 216 valence electrons. The van der Waals surface area contributed by atoms with Gasteiger partial charge in [0.05, 0.1) is 31.2 Å². The van der Waals surface area contributed by atoms with E-state index < -0.39 is 10.0 Å². The number of carbonyl (C=O) groups excluding carboxylic acids is 2. The van der Waals surface area contributed by atoms with Crippen LogP contribution in [0, 0.1) is 5.92 Å². The number of carbonyl (C=O) groups is 2. The van der Waals surface area contributed by atoms with E-state index in [1.807, 2.05) is 36.4 Å². The second-order valence-electron chi connectivity index (χ2n) is 9.68. The summed E-state index contributed by atoms with van der Waals surface area (Å²) in [5.41, 5.74) is 5.55. The molecule has 1 fully saturated rings. The Bertz CT molecular complexity index is 1480. The summed E-state index contributed by atoms with van der Waals surface area (Å²) in [5.74, 6) is 0.604. The SMILES string of the molecule is COc1ccc(CC(=O)Nc2ccc(C(C)=NNC(=O)C3CCN(S(=O)(=O)c4ccc(OC)cc4)CC3)cc2)cc1. The van der Waals surface area contributed by atoms with Crippen molar-refractivity contribution in [3.63, 3.8) is 0 Å². The smallest absolute Gasteiger partial charge is 0.243 e. The molecule has 3 aromatic carbocycles. The van der Waals surface area contributed by atoms with Gasteiger partial charge >= 0.3 is 0 Å². The summed E-state index contributed by atoms with van der Waals surface area (Å²) in [6.07, 6.45) is 1.05. The molecule has 0 spiro atoms. The molecule has 0 bridgehead atoms. The molecular weight excluding hydrogens is 544 g/mol. The van der Waals surface area contributed by atoms with E-state index in [9.17, 15) is 18.0 Å². The molecule has 0 atom stereocenters. The lowest BCUT2D eigenvalue weighted by atomic mass is 9.98. The number of sulfonamides is 1. The second kappa shape index (κ2) is 13.4. The fourth-order valence-corrected chi connectivity index (χ4v) is 5.95. The highest BCUT2D eigenvalue weighted by atomic mass is 32.2. The fraction of sp³-hybridized carbons (Fsp3) is 0.300. The number of hydrazone groups is 1. The number of amides is 2. The first kappa shape index (κ1) is 29.8. The minimum atomic E-state index is -3.64. The topological polar surface area (TPSA) is 126 Å². The van der Waals surface area contributed by atoms with Crippen LogP contribution in [0.5, 0.6) is 11.5 Å². The second-order valence-corrected chi connectivity index (χ2v) is 11.6. The Kier molecular flexibility index (Phi) is 9.74. The normalized spacial score (nSPS) is 14.8. The van der Waals surface area contributed by atoms with Gasteiger partial charge in [0.2, 0.25) is 21.8 Å². The Hall–Kier alpha value is -4.22. The maximum absolute atomic E-state index is 13.0.